The molecule has 1 aliphatic carbocycles. The van der Waals surface area contributed by atoms with Crippen LogP contribution in [0.2, 0.25) is 0 Å². The summed E-state index contributed by atoms with van der Waals surface area (Å²) in [4.78, 5) is 28.8. The Labute approximate surface area is 162 Å². The Morgan fingerprint density at radius 2 is 1.61 bits per heavy atom. The molecule has 1 saturated carbocycles. The standard InChI is InChI=1S/C20H26F3N3O2/c1-24-18(27)17(14-4-2-3-5-14)25-10-12-26(13-11-25)19(28)15-6-8-16(9-7-15)20(21,22)23/h6-9,14,17H,2-5,10-13H2,1H3,(H,24,27)/t17-/m1/s1. The molecule has 1 aliphatic heterocycles. The highest BCUT2D eigenvalue weighted by molar-refractivity contribution is 5.94. The quantitative estimate of drug-likeness (QED) is 0.850. The maximum atomic E-state index is 12.7. The van der Waals surface area contributed by atoms with Crippen LogP contribution in [0.25, 0.3) is 0 Å². The summed E-state index contributed by atoms with van der Waals surface area (Å²) < 4.78 is 38.0. The van der Waals surface area contributed by atoms with Gasteiger partial charge in [-0.3, -0.25) is 14.5 Å². The fourth-order valence-corrected chi connectivity index (χ4v) is 4.29. The predicted molar refractivity (Wildman–Crippen MR) is 98.7 cm³/mol. The maximum Gasteiger partial charge on any atom is 0.416 e. The number of carbonyl (C=O) groups is 2. The lowest BCUT2D eigenvalue weighted by atomic mass is 9.95. The monoisotopic (exact) mass is 397 g/mol. The zero-order valence-corrected chi connectivity index (χ0v) is 16.0. The minimum absolute atomic E-state index is 0.0226. The van der Waals surface area contributed by atoms with Crippen molar-refractivity contribution in [2.24, 2.45) is 5.92 Å². The molecule has 2 fully saturated rings. The average Bonchev–Trinajstić information content (AvgIpc) is 3.21. The van der Waals surface area contributed by atoms with Gasteiger partial charge in [0, 0.05) is 38.8 Å². The van der Waals surface area contributed by atoms with Crippen LogP contribution in [0.4, 0.5) is 13.2 Å². The number of piperazine rings is 1. The number of carbonyl (C=O) groups excluding carboxylic acids is 2. The Hall–Kier alpha value is -2.09. The van der Waals surface area contributed by atoms with E-state index in [4.69, 9.17) is 0 Å². The SMILES string of the molecule is CNC(=O)[C@@H](C1CCCC1)N1CCN(C(=O)c2ccc(C(F)(F)F)cc2)CC1. The van der Waals surface area contributed by atoms with E-state index in [-0.39, 0.29) is 23.4 Å². The van der Waals surface area contributed by atoms with Gasteiger partial charge >= 0.3 is 6.18 Å². The largest absolute Gasteiger partial charge is 0.416 e. The first kappa shape index (κ1) is 20.6. The average molecular weight is 397 g/mol. The van der Waals surface area contributed by atoms with Crippen LogP contribution in [0.5, 0.6) is 0 Å². The number of likely N-dealkylation sites (N-methyl/N-ethyl adjacent to an activating group) is 1. The lowest BCUT2D eigenvalue weighted by molar-refractivity contribution is -0.137. The van der Waals surface area contributed by atoms with E-state index in [9.17, 15) is 22.8 Å². The molecule has 1 atom stereocenters. The van der Waals surface area contributed by atoms with E-state index in [0.717, 1.165) is 37.8 Å². The molecule has 8 heteroatoms. The minimum Gasteiger partial charge on any atom is -0.358 e. The van der Waals surface area contributed by atoms with Gasteiger partial charge in [-0.05, 0) is 43.0 Å². The summed E-state index contributed by atoms with van der Waals surface area (Å²) in [7, 11) is 1.65. The van der Waals surface area contributed by atoms with Gasteiger partial charge in [0.05, 0.1) is 11.6 Å². The molecule has 1 saturated heterocycles. The van der Waals surface area contributed by atoms with Crippen molar-refractivity contribution in [3.63, 3.8) is 0 Å². The van der Waals surface area contributed by atoms with Crippen molar-refractivity contribution in [3.8, 4) is 0 Å². The van der Waals surface area contributed by atoms with Crippen LogP contribution in [0.15, 0.2) is 24.3 Å². The molecule has 154 valence electrons. The molecule has 2 amide bonds. The molecule has 1 heterocycles. The predicted octanol–water partition coefficient (Wildman–Crippen LogP) is 2.77. The van der Waals surface area contributed by atoms with Crippen molar-refractivity contribution < 1.29 is 22.8 Å². The fourth-order valence-electron chi connectivity index (χ4n) is 4.29. The smallest absolute Gasteiger partial charge is 0.358 e. The number of nitrogens with zero attached hydrogens (tertiary/aromatic N) is 2. The second-order valence-corrected chi connectivity index (χ2v) is 7.51. The first-order valence-corrected chi connectivity index (χ1v) is 9.73. The summed E-state index contributed by atoms with van der Waals surface area (Å²) in [6.07, 6.45) is -0.0387. The van der Waals surface area contributed by atoms with E-state index in [1.54, 1.807) is 11.9 Å². The second-order valence-electron chi connectivity index (χ2n) is 7.51. The number of halogens is 3. The Morgan fingerprint density at radius 1 is 1.04 bits per heavy atom. The molecular formula is C20H26F3N3O2. The van der Waals surface area contributed by atoms with Gasteiger partial charge in [-0.2, -0.15) is 13.2 Å². The van der Waals surface area contributed by atoms with Crippen LogP contribution >= 0.6 is 0 Å². The number of nitrogens with one attached hydrogen (secondary N) is 1. The minimum atomic E-state index is -4.41. The van der Waals surface area contributed by atoms with Gasteiger partial charge in [0.1, 0.15) is 0 Å². The zero-order chi connectivity index (χ0) is 20.3. The number of amides is 2. The number of benzene rings is 1. The van der Waals surface area contributed by atoms with Crippen molar-refractivity contribution in [2.75, 3.05) is 33.2 Å². The van der Waals surface area contributed by atoms with Crippen molar-refractivity contribution in [2.45, 2.75) is 37.9 Å². The molecule has 5 nitrogen and oxygen atoms in total. The van der Waals surface area contributed by atoms with Crippen LogP contribution in [-0.4, -0.2) is 60.9 Å². The van der Waals surface area contributed by atoms with Gasteiger partial charge in [-0.1, -0.05) is 12.8 Å². The number of hydrogen-bond donors (Lipinski definition) is 1. The Morgan fingerprint density at radius 3 is 2.11 bits per heavy atom. The third-order valence-corrected chi connectivity index (χ3v) is 5.82. The van der Waals surface area contributed by atoms with E-state index >= 15 is 0 Å². The first-order chi connectivity index (χ1) is 13.3. The molecule has 1 aromatic rings. The third kappa shape index (κ3) is 4.48. The van der Waals surface area contributed by atoms with E-state index in [1.807, 2.05) is 0 Å². The van der Waals surface area contributed by atoms with Crippen LogP contribution in [0.1, 0.15) is 41.6 Å². The highest BCUT2D eigenvalue weighted by Crippen LogP contribution is 2.31. The molecule has 2 aliphatic rings. The van der Waals surface area contributed by atoms with Crippen LogP contribution in [-0.2, 0) is 11.0 Å². The van der Waals surface area contributed by atoms with E-state index in [2.05, 4.69) is 10.2 Å². The highest BCUT2D eigenvalue weighted by Gasteiger charge is 2.37. The maximum absolute atomic E-state index is 12.7. The third-order valence-electron chi connectivity index (χ3n) is 5.82. The number of rotatable bonds is 4. The van der Waals surface area contributed by atoms with Gasteiger partial charge in [-0.25, -0.2) is 0 Å². The van der Waals surface area contributed by atoms with Gasteiger partial charge in [0.25, 0.3) is 5.91 Å². The van der Waals surface area contributed by atoms with Crippen molar-refractivity contribution in [1.82, 2.24) is 15.1 Å². The zero-order valence-electron chi connectivity index (χ0n) is 16.0. The van der Waals surface area contributed by atoms with Crippen LogP contribution in [0, 0.1) is 5.92 Å². The molecule has 28 heavy (non-hydrogen) atoms. The summed E-state index contributed by atoms with van der Waals surface area (Å²) in [6.45, 7) is 2.09. The van der Waals surface area contributed by atoms with E-state index in [1.165, 1.54) is 12.1 Å². The Kier molecular flexibility index (Phi) is 6.27. The fraction of sp³-hybridized carbons (Fsp3) is 0.600. The summed E-state index contributed by atoms with van der Waals surface area (Å²) in [6, 6.07) is 4.15. The molecule has 3 rings (SSSR count). The topological polar surface area (TPSA) is 52.7 Å². The lowest BCUT2D eigenvalue weighted by Crippen LogP contribution is -2.57. The molecule has 0 unspecified atom stereocenters. The van der Waals surface area contributed by atoms with Crippen LogP contribution < -0.4 is 5.32 Å². The summed E-state index contributed by atoms with van der Waals surface area (Å²) in [5, 5.41) is 2.76. The molecule has 0 radical (unpaired) electrons. The molecular weight excluding hydrogens is 371 g/mol. The molecule has 1 N–H and O–H groups in total. The van der Waals surface area contributed by atoms with Gasteiger partial charge in [0.15, 0.2) is 0 Å². The Bertz CT molecular complexity index is 692. The normalized spacial score (nSPS) is 20.2. The molecule has 0 bridgehead atoms. The summed E-state index contributed by atoms with van der Waals surface area (Å²) in [5.41, 5.74) is -0.515. The van der Waals surface area contributed by atoms with Crippen molar-refractivity contribution >= 4 is 11.8 Å². The summed E-state index contributed by atoms with van der Waals surface area (Å²) in [5.74, 6) is 0.0947. The van der Waals surface area contributed by atoms with Crippen molar-refractivity contribution in [1.29, 1.82) is 0 Å². The lowest BCUT2D eigenvalue weighted by Gasteiger charge is -2.40. The Balaban J connectivity index is 1.62. The highest BCUT2D eigenvalue weighted by atomic mass is 19.4. The van der Waals surface area contributed by atoms with Crippen molar-refractivity contribution in [3.05, 3.63) is 35.4 Å². The van der Waals surface area contributed by atoms with Gasteiger partial charge in [0.2, 0.25) is 5.91 Å². The van der Waals surface area contributed by atoms with E-state index in [0.29, 0.717) is 32.1 Å². The summed E-state index contributed by atoms with van der Waals surface area (Å²) >= 11 is 0. The van der Waals surface area contributed by atoms with Gasteiger partial charge in [-0.15, -0.1) is 0 Å². The molecule has 1 aromatic carbocycles. The number of alkyl halides is 3. The van der Waals surface area contributed by atoms with Gasteiger partial charge < -0.3 is 10.2 Å². The molecule has 0 aromatic heterocycles. The first-order valence-electron chi connectivity index (χ1n) is 9.73. The van der Waals surface area contributed by atoms with E-state index < -0.39 is 11.7 Å². The van der Waals surface area contributed by atoms with Crippen LogP contribution in [0.3, 0.4) is 0 Å². The molecule has 0 spiro atoms. The number of hydrogen-bond acceptors (Lipinski definition) is 3. The second kappa shape index (κ2) is 8.51.